The minimum absolute atomic E-state index is 0.119. The highest BCUT2D eigenvalue weighted by atomic mass is 19.1. The topological polar surface area (TPSA) is 15.3 Å². The van der Waals surface area contributed by atoms with Crippen molar-refractivity contribution in [1.29, 1.82) is 0 Å². The molecule has 1 saturated heterocycles. The Balaban J connectivity index is 1.88. The molecule has 98 valence electrons. The number of halogens is 1. The first-order chi connectivity index (χ1) is 8.75. The average molecular weight is 248 g/mol. The van der Waals surface area contributed by atoms with E-state index >= 15 is 0 Å². The molecule has 3 rings (SSSR count). The van der Waals surface area contributed by atoms with Crippen LogP contribution >= 0.6 is 0 Å². The maximum absolute atomic E-state index is 13.2. The van der Waals surface area contributed by atoms with E-state index in [4.69, 9.17) is 0 Å². The number of hydrogen-bond acceptors (Lipinski definition) is 2. The van der Waals surface area contributed by atoms with Crippen LogP contribution in [0.15, 0.2) is 18.2 Å². The number of aryl methyl sites for hydroxylation is 1. The smallest absolute Gasteiger partial charge is 0.123 e. The molecule has 2 aliphatic rings. The van der Waals surface area contributed by atoms with Gasteiger partial charge in [-0.15, -0.1) is 0 Å². The third-order valence-electron chi connectivity index (χ3n) is 4.16. The minimum Gasteiger partial charge on any atom is -0.314 e. The third kappa shape index (κ3) is 2.43. The molecule has 1 heterocycles. The lowest BCUT2D eigenvalue weighted by Crippen LogP contribution is -2.45. The summed E-state index contributed by atoms with van der Waals surface area (Å²) in [7, 11) is 0. The van der Waals surface area contributed by atoms with E-state index in [1.807, 2.05) is 13.0 Å². The molecular formula is C15H21FN2. The molecule has 1 aliphatic carbocycles. The zero-order valence-corrected chi connectivity index (χ0v) is 11.0. The van der Waals surface area contributed by atoms with Gasteiger partial charge in [0.15, 0.2) is 0 Å². The normalized spacial score (nSPS) is 23.0. The molecule has 0 radical (unpaired) electrons. The quantitative estimate of drug-likeness (QED) is 0.884. The van der Waals surface area contributed by atoms with E-state index in [0.29, 0.717) is 6.04 Å². The van der Waals surface area contributed by atoms with Crippen molar-refractivity contribution in [3.8, 4) is 0 Å². The molecule has 0 amide bonds. The summed E-state index contributed by atoms with van der Waals surface area (Å²) in [6.45, 7) is 6.40. The highest BCUT2D eigenvalue weighted by Gasteiger charge is 2.37. The van der Waals surface area contributed by atoms with E-state index in [0.717, 1.165) is 37.7 Å². The lowest BCUT2D eigenvalue weighted by molar-refractivity contribution is 0.155. The third-order valence-corrected chi connectivity index (χ3v) is 4.16. The maximum Gasteiger partial charge on any atom is 0.123 e. The van der Waals surface area contributed by atoms with Crippen LogP contribution in [-0.4, -0.2) is 31.1 Å². The van der Waals surface area contributed by atoms with Gasteiger partial charge in [0, 0.05) is 32.2 Å². The van der Waals surface area contributed by atoms with E-state index in [9.17, 15) is 4.39 Å². The fraction of sp³-hybridized carbons (Fsp3) is 0.600. The van der Waals surface area contributed by atoms with Crippen molar-refractivity contribution >= 4 is 0 Å². The van der Waals surface area contributed by atoms with Crippen molar-refractivity contribution in [3.63, 3.8) is 0 Å². The Morgan fingerprint density at radius 2 is 2.00 bits per heavy atom. The first-order valence-corrected chi connectivity index (χ1v) is 6.96. The summed E-state index contributed by atoms with van der Waals surface area (Å²) in [5, 5.41) is 3.40. The van der Waals surface area contributed by atoms with Crippen molar-refractivity contribution in [1.82, 2.24) is 10.2 Å². The van der Waals surface area contributed by atoms with Gasteiger partial charge in [0.1, 0.15) is 5.82 Å². The lowest BCUT2D eigenvalue weighted by atomic mass is 9.95. The summed E-state index contributed by atoms with van der Waals surface area (Å²) in [6.07, 6.45) is 2.65. The van der Waals surface area contributed by atoms with Crippen LogP contribution in [0, 0.1) is 18.7 Å². The van der Waals surface area contributed by atoms with Crippen LogP contribution in [0.3, 0.4) is 0 Å². The fourth-order valence-corrected chi connectivity index (χ4v) is 3.09. The summed E-state index contributed by atoms with van der Waals surface area (Å²) < 4.78 is 13.2. The molecule has 0 unspecified atom stereocenters. The Bertz CT molecular complexity index is 423. The van der Waals surface area contributed by atoms with Gasteiger partial charge in [0.05, 0.1) is 0 Å². The number of nitrogens with one attached hydrogen (secondary N) is 1. The second kappa shape index (κ2) is 4.98. The van der Waals surface area contributed by atoms with E-state index in [-0.39, 0.29) is 5.82 Å². The number of nitrogens with zero attached hydrogens (tertiary/aromatic N) is 1. The number of hydrogen-bond donors (Lipinski definition) is 1. The first kappa shape index (κ1) is 12.1. The van der Waals surface area contributed by atoms with Crippen molar-refractivity contribution < 1.29 is 4.39 Å². The molecule has 2 fully saturated rings. The highest BCUT2D eigenvalue weighted by molar-refractivity contribution is 5.31. The van der Waals surface area contributed by atoms with Gasteiger partial charge in [0.25, 0.3) is 0 Å². The van der Waals surface area contributed by atoms with E-state index in [1.54, 1.807) is 12.1 Å². The van der Waals surface area contributed by atoms with Crippen LogP contribution in [-0.2, 0) is 0 Å². The predicted octanol–water partition coefficient (Wildman–Crippen LogP) is 2.49. The zero-order valence-electron chi connectivity index (χ0n) is 11.0. The summed E-state index contributed by atoms with van der Waals surface area (Å²) in [6, 6.07) is 5.79. The summed E-state index contributed by atoms with van der Waals surface area (Å²) in [5.74, 6) is 0.665. The molecule has 1 N–H and O–H groups in total. The molecule has 0 spiro atoms. The van der Waals surface area contributed by atoms with Crippen LogP contribution in [0.5, 0.6) is 0 Å². The first-order valence-electron chi connectivity index (χ1n) is 6.96. The van der Waals surface area contributed by atoms with Gasteiger partial charge in [-0.1, -0.05) is 6.07 Å². The van der Waals surface area contributed by atoms with E-state index in [1.165, 1.54) is 18.4 Å². The lowest BCUT2D eigenvalue weighted by Gasteiger charge is -2.36. The van der Waals surface area contributed by atoms with E-state index in [2.05, 4.69) is 10.2 Å². The Kier molecular flexibility index (Phi) is 3.35. The van der Waals surface area contributed by atoms with Crippen LogP contribution in [0.1, 0.15) is 30.0 Å². The maximum atomic E-state index is 13.2. The van der Waals surface area contributed by atoms with Crippen molar-refractivity contribution in [2.75, 3.05) is 26.2 Å². The van der Waals surface area contributed by atoms with Crippen LogP contribution in [0.2, 0.25) is 0 Å². The van der Waals surface area contributed by atoms with Gasteiger partial charge in [-0.2, -0.15) is 0 Å². The summed E-state index contributed by atoms with van der Waals surface area (Å²) >= 11 is 0. The van der Waals surface area contributed by atoms with E-state index < -0.39 is 0 Å². The SMILES string of the molecule is Cc1cc(F)ccc1[C@@H](C1CC1)N1CCNCC1. The number of piperazine rings is 1. The standard InChI is InChI=1S/C15H21FN2/c1-11-10-13(16)4-5-14(11)15(12-2-3-12)18-8-6-17-7-9-18/h4-5,10,12,15,17H,2-3,6-9H2,1H3/t15-/m1/s1. The zero-order chi connectivity index (χ0) is 12.5. The monoisotopic (exact) mass is 248 g/mol. The minimum atomic E-state index is -0.119. The van der Waals surface area contributed by atoms with Crippen molar-refractivity contribution in [2.24, 2.45) is 5.92 Å². The van der Waals surface area contributed by atoms with Crippen LogP contribution < -0.4 is 5.32 Å². The highest BCUT2D eigenvalue weighted by Crippen LogP contribution is 2.45. The largest absolute Gasteiger partial charge is 0.314 e. The van der Waals surface area contributed by atoms with Gasteiger partial charge < -0.3 is 5.32 Å². The summed E-state index contributed by atoms with van der Waals surface area (Å²) in [5.41, 5.74) is 2.44. The molecule has 1 atom stereocenters. The Morgan fingerprint density at radius 1 is 1.28 bits per heavy atom. The van der Waals surface area contributed by atoms with Gasteiger partial charge in [0.2, 0.25) is 0 Å². The molecule has 1 aromatic carbocycles. The summed E-state index contributed by atoms with van der Waals surface area (Å²) in [4.78, 5) is 2.58. The molecule has 1 aliphatic heterocycles. The molecule has 1 saturated carbocycles. The van der Waals surface area contributed by atoms with Crippen molar-refractivity contribution in [2.45, 2.75) is 25.8 Å². The molecule has 18 heavy (non-hydrogen) atoms. The Morgan fingerprint density at radius 3 is 2.61 bits per heavy atom. The second-order valence-corrected chi connectivity index (χ2v) is 5.57. The predicted molar refractivity (Wildman–Crippen MR) is 71.0 cm³/mol. The molecule has 3 heteroatoms. The molecule has 1 aromatic rings. The van der Waals surface area contributed by atoms with Gasteiger partial charge in [-0.05, 0) is 48.9 Å². The Labute approximate surface area is 108 Å². The molecule has 0 bridgehead atoms. The molecule has 0 aromatic heterocycles. The number of rotatable bonds is 3. The van der Waals surface area contributed by atoms with Crippen molar-refractivity contribution in [3.05, 3.63) is 35.1 Å². The molecule has 2 nitrogen and oxygen atoms in total. The van der Waals surface area contributed by atoms with Gasteiger partial charge >= 0.3 is 0 Å². The Hall–Kier alpha value is -0.930. The fourth-order valence-electron chi connectivity index (χ4n) is 3.09. The second-order valence-electron chi connectivity index (χ2n) is 5.57. The molecular weight excluding hydrogens is 227 g/mol. The average Bonchev–Trinajstić information content (AvgIpc) is 3.18. The van der Waals surface area contributed by atoms with Gasteiger partial charge in [-0.25, -0.2) is 4.39 Å². The van der Waals surface area contributed by atoms with Crippen LogP contribution in [0.4, 0.5) is 4.39 Å². The number of benzene rings is 1. The van der Waals surface area contributed by atoms with Crippen LogP contribution in [0.25, 0.3) is 0 Å². The van der Waals surface area contributed by atoms with Gasteiger partial charge in [-0.3, -0.25) is 4.90 Å².